The number of hydrogen-bond acceptors (Lipinski definition) is 6. The predicted molar refractivity (Wildman–Crippen MR) is 123 cm³/mol. The third kappa shape index (κ3) is 4.02. The number of ketones is 1. The third-order valence-electron chi connectivity index (χ3n) is 4.76. The number of rotatable bonds is 7. The summed E-state index contributed by atoms with van der Waals surface area (Å²) in [6.45, 7) is 0. The summed E-state index contributed by atoms with van der Waals surface area (Å²) in [5.41, 5.74) is 2.92. The Morgan fingerprint density at radius 1 is 1.06 bits per heavy atom. The summed E-state index contributed by atoms with van der Waals surface area (Å²) in [5, 5.41) is 2.60. The number of allylic oxidation sites excluding steroid dienone is 1. The molecule has 0 aliphatic carbocycles. The molecule has 0 aliphatic rings. The molecular formula is C23H19ClN2O4S. The Labute approximate surface area is 188 Å². The van der Waals surface area contributed by atoms with Crippen LogP contribution in [-0.4, -0.2) is 36.5 Å². The normalized spacial score (nSPS) is 11.2. The highest BCUT2D eigenvalue weighted by molar-refractivity contribution is 7.15. The maximum atomic E-state index is 13.0. The Bertz CT molecular complexity index is 1250. The Morgan fingerprint density at radius 3 is 2.35 bits per heavy atom. The SMILES string of the molecule is COc1cc(C(=O)C=Cc2c(-c3ccc(Cl)cc3)nc3sccn23)cc(OC)c1OC. The molecule has 0 saturated carbocycles. The van der Waals surface area contributed by atoms with E-state index < -0.39 is 0 Å². The third-order valence-corrected chi connectivity index (χ3v) is 5.77. The van der Waals surface area contributed by atoms with Crippen LogP contribution in [0.1, 0.15) is 16.1 Å². The van der Waals surface area contributed by atoms with Crippen molar-refractivity contribution in [1.82, 2.24) is 9.38 Å². The lowest BCUT2D eigenvalue weighted by molar-refractivity contribution is 0.104. The van der Waals surface area contributed by atoms with E-state index >= 15 is 0 Å². The van der Waals surface area contributed by atoms with Crippen LogP contribution < -0.4 is 14.2 Å². The quantitative estimate of drug-likeness (QED) is 0.267. The van der Waals surface area contributed by atoms with E-state index in [2.05, 4.69) is 0 Å². The Morgan fingerprint density at radius 2 is 1.74 bits per heavy atom. The number of aromatic nitrogens is 2. The first kappa shape index (κ1) is 21.0. The molecule has 2 aromatic carbocycles. The van der Waals surface area contributed by atoms with E-state index in [-0.39, 0.29) is 5.78 Å². The molecule has 0 amide bonds. The number of carbonyl (C=O) groups is 1. The zero-order valence-corrected chi connectivity index (χ0v) is 18.7. The van der Waals surface area contributed by atoms with E-state index in [0.717, 1.165) is 21.9 Å². The summed E-state index contributed by atoms with van der Waals surface area (Å²) >= 11 is 7.55. The van der Waals surface area contributed by atoms with E-state index in [1.54, 1.807) is 18.2 Å². The van der Waals surface area contributed by atoms with Gasteiger partial charge in [-0.15, -0.1) is 11.3 Å². The summed E-state index contributed by atoms with van der Waals surface area (Å²) in [7, 11) is 4.55. The molecule has 0 N–H and O–H groups in total. The van der Waals surface area contributed by atoms with Crippen molar-refractivity contribution in [3.63, 3.8) is 0 Å². The van der Waals surface area contributed by atoms with Gasteiger partial charge >= 0.3 is 0 Å². The van der Waals surface area contributed by atoms with Crippen molar-refractivity contribution in [2.75, 3.05) is 21.3 Å². The Hall–Kier alpha value is -3.29. The molecule has 0 radical (unpaired) electrons. The molecule has 0 spiro atoms. The average molecular weight is 455 g/mol. The van der Waals surface area contributed by atoms with E-state index in [9.17, 15) is 4.79 Å². The van der Waals surface area contributed by atoms with Crippen molar-refractivity contribution in [2.45, 2.75) is 0 Å². The molecular weight excluding hydrogens is 436 g/mol. The van der Waals surface area contributed by atoms with Gasteiger partial charge in [0.1, 0.15) is 0 Å². The molecule has 0 atom stereocenters. The number of imidazole rings is 1. The molecule has 0 fully saturated rings. The molecule has 2 aromatic heterocycles. The van der Waals surface area contributed by atoms with Gasteiger partial charge in [0.15, 0.2) is 22.2 Å². The number of ether oxygens (including phenoxy) is 3. The van der Waals surface area contributed by atoms with Crippen LogP contribution in [0.4, 0.5) is 0 Å². The Kier molecular flexibility index (Phi) is 5.97. The fraction of sp³-hybridized carbons (Fsp3) is 0.130. The number of nitrogens with zero attached hydrogens (tertiary/aromatic N) is 2. The van der Waals surface area contributed by atoms with Gasteiger partial charge in [0.05, 0.1) is 32.7 Å². The van der Waals surface area contributed by atoms with Gasteiger partial charge in [0.25, 0.3) is 0 Å². The maximum Gasteiger partial charge on any atom is 0.203 e. The summed E-state index contributed by atoms with van der Waals surface area (Å²) in [4.78, 5) is 18.5. The highest BCUT2D eigenvalue weighted by atomic mass is 35.5. The first-order chi connectivity index (χ1) is 15.0. The van der Waals surface area contributed by atoms with Crippen LogP contribution in [0.5, 0.6) is 17.2 Å². The minimum atomic E-state index is -0.202. The molecule has 0 unspecified atom stereocenters. The van der Waals surface area contributed by atoms with Crippen molar-refractivity contribution in [3.8, 4) is 28.5 Å². The lowest BCUT2D eigenvalue weighted by Gasteiger charge is -2.13. The number of benzene rings is 2. The number of hydrogen-bond donors (Lipinski definition) is 0. The van der Waals surface area contributed by atoms with Gasteiger partial charge in [-0.1, -0.05) is 23.7 Å². The summed E-state index contributed by atoms with van der Waals surface area (Å²) in [6, 6.07) is 10.7. The van der Waals surface area contributed by atoms with Gasteiger partial charge in [-0.3, -0.25) is 9.20 Å². The van der Waals surface area contributed by atoms with E-state index in [4.69, 9.17) is 30.8 Å². The van der Waals surface area contributed by atoms with E-state index in [0.29, 0.717) is 27.8 Å². The number of methoxy groups -OCH3 is 3. The fourth-order valence-corrected chi connectivity index (χ4v) is 4.10. The topological polar surface area (TPSA) is 62.1 Å². The van der Waals surface area contributed by atoms with Gasteiger partial charge in [0, 0.05) is 27.7 Å². The second-order valence-corrected chi connectivity index (χ2v) is 7.83. The van der Waals surface area contributed by atoms with Crippen LogP contribution in [0.25, 0.3) is 22.3 Å². The van der Waals surface area contributed by atoms with Gasteiger partial charge < -0.3 is 14.2 Å². The molecule has 0 saturated heterocycles. The molecule has 8 heteroatoms. The van der Waals surface area contributed by atoms with Crippen LogP contribution in [-0.2, 0) is 0 Å². The summed E-state index contributed by atoms with van der Waals surface area (Å²) in [5.74, 6) is 1.08. The first-order valence-electron chi connectivity index (χ1n) is 9.29. The van der Waals surface area contributed by atoms with Crippen molar-refractivity contribution in [2.24, 2.45) is 0 Å². The zero-order valence-electron chi connectivity index (χ0n) is 17.1. The maximum absolute atomic E-state index is 13.0. The molecule has 158 valence electrons. The zero-order chi connectivity index (χ0) is 22.0. The molecule has 0 aliphatic heterocycles. The monoisotopic (exact) mass is 454 g/mol. The largest absolute Gasteiger partial charge is 0.493 e. The minimum Gasteiger partial charge on any atom is -0.493 e. The molecule has 6 nitrogen and oxygen atoms in total. The minimum absolute atomic E-state index is 0.202. The standard InChI is InChI=1S/C23H19ClN2O4S/c1-28-19-12-15(13-20(29-2)22(19)30-3)18(27)9-8-17-21(14-4-6-16(24)7-5-14)25-23-26(17)10-11-31-23/h4-13H,1-3H3. The van der Waals surface area contributed by atoms with Gasteiger partial charge in [-0.05, 0) is 36.4 Å². The van der Waals surface area contributed by atoms with Crippen molar-refractivity contribution >= 4 is 39.8 Å². The van der Waals surface area contributed by atoms with Crippen LogP contribution >= 0.6 is 22.9 Å². The molecule has 0 bridgehead atoms. The van der Waals surface area contributed by atoms with Gasteiger partial charge in [-0.2, -0.15) is 0 Å². The molecule has 31 heavy (non-hydrogen) atoms. The first-order valence-corrected chi connectivity index (χ1v) is 10.6. The molecule has 4 rings (SSSR count). The number of thiazole rings is 1. The highest BCUT2D eigenvalue weighted by Gasteiger charge is 2.17. The lowest BCUT2D eigenvalue weighted by atomic mass is 10.1. The van der Waals surface area contributed by atoms with Crippen molar-refractivity contribution in [3.05, 3.63) is 70.3 Å². The number of halogens is 1. The smallest absolute Gasteiger partial charge is 0.203 e. The van der Waals surface area contributed by atoms with Gasteiger partial charge in [-0.25, -0.2) is 4.98 Å². The second-order valence-electron chi connectivity index (χ2n) is 6.52. The summed E-state index contributed by atoms with van der Waals surface area (Å²) < 4.78 is 18.0. The van der Waals surface area contributed by atoms with Crippen LogP contribution in [0.15, 0.2) is 54.1 Å². The Balaban J connectivity index is 1.74. The fourth-order valence-electron chi connectivity index (χ4n) is 3.26. The van der Waals surface area contributed by atoms with Crippen molar-refractivity contribution in [1.29, 1.82) is 0 Å². The summed E-state index contributed by atoms with van der Waals surface area (Å²) in [6.07, 6.45) is 5.21. The van der Waals surface area contributed by atoms with E-state index in [1.165, 1.54) is 38.7 Å². The van der Waals surface area contributed by atoms with Gasteiger partial charge in [0.2, 0.25) is 5.75 Å². The van der Waals surface area contributed by atoms with Crippen LogP contribution in [0.3, 0.4) is 0 Å². The molecule has 2 heterocycles. The van der Waals surface area contributed by atoms with Crippen LogP contribution in [0, 0.1) is 0 Å². The highest BCUT2D eigenvalue weighted by Crippen LogP contribution is 2.38. The van der Waals surface area contributed by atoms with Crippen molar-refractivity contribution < 1.29 is 19.0 Å². The second kappa shape index (κ2) is 8.83. The van der Waals surface area contributed by atoms with E-state index in [1.807, 2.05) is 40.2 Å². The molecule has 4 aromatic rings. The lowest BCUT2D eigenvalue weighted by Crippen LogP contribution is -2.00. The number of carbonyl (C=O) groups excluding carboxylic acids is 1. The number of fused-ring (bicyclic) bond motifs is 1. The average Bonchev–Trinajstić information content (AvgIpc) is 3.38. The predicted octanol–water partition coefficient (Wildman–Crippen LogP) is 5.64. The van der Waals surface area contributed by atoms with Crippen LogP contribution in [0.2, 0.25) is 5.02 Å².